The third kappa shape index (κ3) is 2.10. The molecule has 0 spiro atoms. The Morgan fingerprint density at radius 1 is 1.43 bits per heavy atom. The molecule has 0 saturated carbocycles. The summed E-state index contributed by atoms with van der Waals surface area (Å²) < 4.78 is 1.77. The third-order valence-electron chi connectivity index (χ3n) is 3.84. The van der Waals surface area contributed by atoms with E-state index in [1.54, 1.807) is 10.8 Å². The van der Waals surface area contributed by atoms with Crippen molar-refractivity contribution in [3.63, 3.8) is 0 Å². The minimum absolute atomic E-state index is 0.145. The molecule has 0 bridgehead atoms. The number of rotatable bonds is 3. The molecule has 7 heteroatoms. The lowest BCUT2D eigenvalue weighted by Gasteiger charge is -2.14. The number of hydrogen-bond acceptors (Lipinski definition) is 4. The SMILES string of the molecule is Cc1ccnc2c1nc(CCCl)n2C1CC(=O)N(C)C1=O. The number of nitrogens with zero attached hydrogens (tertiary/aromatic N) is 4. The summed E-state index contributed by atoms with van der Waals surface area (Å²) in [5.74, 6) is 0.686. The van der Waals surface area contributed by atoms with E-state index in [1.807, 2.05) is 13.0 Å². The number of carbonyl (C=O) groups excluding carboxylic acids is 2. The van der Waals surface area contributed by atoms with Crippen LogP contribution in [0, 0.1) is 6.92 Å². The smallest absolute Gasteiger partial charge is 0.252 e. The van der Waals surface area contributed by atoms with Crippen molar-refractivity contribution < 1.29 is 9.59 Å². The van der Waals surface area contributed by atoms with Gasteiger partial charge in [-0.25, -0.2) is 9.97 Å². The van der Waals surface area contributed by atoms with Crippen LogP contribution in [0.5, 0.6) is 0 Å². The van der Waals surface area contributed by atoms with Crippen molar-refractivity contribution in [2.24, 2.45) is 0 Å². The number of alkyl halides is 1. The molecule has 0 radical (unpaired) electrons. The van der Waals surface area contributed by atoms with Gasteiger partial charge in [0.1, 0.15) is 17.4 Å². The zero-order valence-corrected chi connectivity index (χ0v) is 12.6. The fourth-order valence-electron chi connectivity index (χ4n) is 2.68. The summed E-state index contributed by atoms with van der Waals surface area (Å²) in [6, 6.07) is 1.30. The molecular formula is C14H15ClN4O2. The first-order valence-electron chi connectivity index (χ1n) is 6.73. The van der Waals surface area contributed by atoms with Crippen LogP contribution in [0.2, 0.25) is 0 Å². The van der Waals surface area contributed by atoms with Crippen molar-refractivity contribution in [3.8, 4) is 0 Å². The van der Waals surface area contributed by atoms with Crippen LogP contribution in [0.15, 0.2) is 12.3 Å². The molecule has 0 aromatic carbocycles. The number of imidazole rings is 1. The molecule has 0 N–H and O–H groups in total. The average molecular weight is 307 g/mol. The first kappa shape index (κ1) is 14.0. The van der Waals surface area contributed by atoms with Crippen molar-refractivity contribution >= 4 is 34.6 Å². The molecule has 1 fully saturated rings. The number of halogens is 1. The van der Waals surface area contributed by atoms with E-state index < -0.39 is 6.04 Å². The van der Waals surface area contributed by atoms with E-state index >= 15 is 0 Å². The Morgan fingerprint density at radius 3 is 2.81 bits per heavy atom. The van der Waals surface area contributed by atoms with Crippen LogP contribution in [0.3, 0.4) is 0 Å². The molecule has 1 saturated heterocycles. The molecule has 1 atom stereocenters. The first-order valence-corrected chi connectivity index (χ1v) is 7.26. The summed E-state index contributed by atoms with van der Waals surface area (Å²) in [5, 5.41) is 0. The number of aromatic nitrogens is 3. The van der Waals surface area contributed by atoms with Crippen LogP contribution < -0.4 is 0 Å². The summed E-state index contributed by atoms with van der Waals surface area (Å²) in [6.07, 6.45) is 2.36. The minimum atomic E-state index is -0.569. The number of likely N-dealkylation sites (N-methyl/N-ethyl adjacent to an activating group) is 1. The largest absolute Gasteiger partial charge is 0.299 e. The van der Waals surface area contributed by atoms with Crippen molar-refractivity contribution in [2.75, 3.05) is 12.9 Å². The van der Waals surface area contributed by atoms with Gasteiger partial charge < -0.3 is 0 Å². The minimum Gasteiger partial charge on any atom is -0.299 e. The molecule has 1 unspecified atom stereocenters. The number of imide groups is 1. The van der Waals surface area contributed by atoms with Gasteiger partial charge in [0.25, 0.3) is 5.91 Å². The van der Waals surface area contributed by atoms with E-state index in [9.17, 15) is 9.59 Å². The van der Waals surface area contributed by atoms with Crippen LogP contribution in [-0.4, -0.2) is 44.2 Å². The fraction of sp³-hybridized carbons (Fsp3) is 0.429. The summed E-state index contributed by atoms with van der Waals surface area (Å²) in [5.41, 5.74) is 2.38. The zero-order valence-electron chi connectivity index (χ0n) is 11.8. The van der Waals surface area contributed by atoms with Gasteiger partial charge >= 0.3 is 0 Å². The van der Waals surface area contributed by atoms with Crippen molar-refractivity contribution in [1.82, 2.24) is 19.4 Å². The van der Waals surface area contributed by atoms with Crippen molar-refractivity contribution in [2.45, 2.75) is 25.8 Å². The maximum absolute atomic E-state index is 12.3. The number of hydrogen-bond donors (Lipinski definition) is 0. The molecule has 3 heterocycles. The Hall–Kier alpha value is -1.95. The molecule has 6 nitrogen and oxygen atoms in total. The predicted octanol–water partition coefficient (Wildman–Crippen LogP) is 1.45. The van der Waals surface area contributed by atoms with Crippen LogP contribution in [0.25, 0.3) is 11.2 Å². The number of carbonyl (C=O) groups is 2. The van der Waals surface area contributed by atoms with Crippen LogP contribution in [0.1, 0.15) is 23.9 Å². The highest BCUT2D eigenvalue weighted by atomic mass is 35.5. The fourth-order valence-corrected chi connectivity index (χ4v) is 2.85. The van der Waals surface area contributed by atoms with Crippen LogP contribution in [0.4, 0.5) is 0 Å². The van der Waals surface area contributed by atoms with Gasteiger partial charge in [0.15, 0.2) is 5.65 Å². The number of pyridine rings is 1. The van der Waals surface area contributed by atoms with Gasteiger partial charge in [-0.05, 0) is 18.6 Å². The molecule has 1 aliphatic heterocycles. The Bertz CT molecular complexity index is 740. The summed E-state index contributed by atoms with van der Waals surface area (Å²) in [6.45, 7) is 1.94. The quantitative estimate of drug-likeness (QED) is 0.636. The molecule has 2 aromatic rings. The molecule has 2 amide bonds. The normalized spacial score (nSPS) is 19.0. The summed E-state index contributed by atoms with van der Waals surface area (Å²) >= 11 is 5.84. The van der Waals surface area contributed by atoms with Gasteiger partial charge in [-0.2, -0.15) is 0 Å². The van der Waals surface area contributed by atoms with Gasteiger partial charge in [0, 0.05) is 25.5 Å². The van der Waals surface area contributed by atoms with Gasteiger partial charge in [-0.1, -0.05) is 0 Å². The molecular weight excluding hydrogens is 292 g/mol. The lowest BCUT2D eigenvalue weighted by atomic mass is 10.2. The van der Waals surface area contributed by atoms with Gasteiger partial charge in [-0.3, -0.25) is 19.1 Å². The molecule has 2 aromatic heterocycles. The van der Waals surface area contributed by atoms with Gasteiger partial charge in [0.2, 0.25) is 5.91 Å². The second-order valence-electron chi connectivity index (χ2n) is 5.15. The second-order valence-corrected chi connectivity index (χ2v) is 5.53. The predicted molar refractivity (Wildman–Crippen MR) is 78.1 cm³/mol. The zero-order chi connectivity index (χ0) is 15.1. The summed E-state index contributed by atoms with van der Waals surface area (Å²) in [4.78, 5) is 34.2. The maximum atomic E-state index is 12.3. The number of aryl methyl sites for hydroxylation is 2. The maximum Gasteiger partial charge on any atom is 0.252 e. The number of fused-ring (bicyclic) bond motifs is 1. The van der Waals surface area contributed by atoms with E-state index in [1.165, 1.54) is 7.05 Å². The molecule has 110 valence electrons. The van der Waals surface area contributed by atoms with Crippen LogP contribution in [-0.2, 0) is 16.0 Å². The number of amides is 2. The Balaban J connectivity index is 2.21. The topological polar surface area (TPSA) is 68.1 Å². The lowest BCUT2D eigenvalue weighted by Crippen LogP contribution is -2.27. The van der Waals surface area contributed by atoms with E-state index in [0.29, 0.717) is 23.8 Å². The average Bonchev–Trinajstić information content (AvgIpc) is 2.93. The molecule has 21 heavy (non-hydrogen) atoms. The van der Waals surface area contributed by atoms with E-state index in [2.05, 4.69) is 9.97 Å². The number of likely N-dealkylation sites (tertiary alicyclic amines) is 1. The highest BCUT2D eigenvalue weighted by Crippen LogP contribution is 2.29. The van der Waals surface area contributed by atoms with Crippen molar-refractivity contribution in [3.05, 3.63) is 23.7 Å². The third-order valence-corrected chi connectivity index (χ3v) is 4.03. The first-order chi connectivity index (χ1) is 10.0. The molecule has 3 rings (SSSR count). The van der Waals surface area contributed by atoms with Crippen LogP contribution >= 0.6 is 11.6 Å². The second kappa shape index (κ2) is 5.11. The summed E-state index contributed by atoms with van der Waals surface area (Å²) in [7, 11) is 1.50. The standard InChI is InChI=1S/C14H15ClN4O2/c1-8-4-6-16-13-12(8)17-10(3-5-15)19(13)9-7-11(20)18(2)14(9)21/h4,6,9H,3,5,7H2,1-2H3. The highest BCUT2D eigenvalue weighted by Gasteiger charge is 2.39. The molecule has 0 aliphatic carbocycles. The van der Waals surface area contributed by atoms with E-state index in [4.69, 9.17) is 11.6 Å². The van der Waals surface area contributed by atoms with Gasteiger partial charge in [-0.15, -0.1) is 11.6 Å². The van der Waals surface area contributed by atoms with Crippen molar-refractivity contribution in [1.29, 1.82) is 0 Å². The van der Waals surface area contributed by atoms with Gasteiger partial charge in [0.05, 0.1) is 6.42 Å². The Labute approximate surface area is 126 Å². The monoisotopic (exact) mass is 306 g/mol. The lowest BCUT2D eigenvalue weighted by molar-refractivity contribution is -0.137. The highest BCUT2D eigenvalue weighted by molar-refractivity contribution is 6.18. The Morgan fingerprint density at radius 2 is 2.19 bits per heavy atom. The Kier molecular flexibility index (Phi) is 3.41. The van der Waals surface area contributed by atoms with E-state index in [0.717, 1.165) is 16.0 Å². The van der Waals surface area contributed by atoms with E-state index in [-0.39, 0.29) is 18.2 Å². The molecule has 1 aliphatic rings.